The zero-order valence-corrected chi connectivity index (χ0v) is 15.9. The average molecular weight is 382 g/mol. The minimum atomic E-state index is -0.553. The number of fused-ring (bicyclic) bond motifs is 3. The fourth-order valence-electron chi connectivity index (χ4n) is 4.08. The quantitative estimate of drug-likeness (QED) is 0.488. The Hall–Kier alpha value is -1.85. The second kappa shape index (κ2) is 6.39. The van der Waals surface area contributed by atoms with Gasteiger partial charge in [-0.05, 0) is 30.5 Å². The summed E-state index contributed by atoms with van der Waals surface area (Å²) >= 11 is 3.71. The molecule has 5 heteroatoms. The van der Waals surface area contributed by atoms with Crippen molar-refractivity contribution in [2.75, 3.05) is 11.5 Å². The highest BCUT2D eigenvalue weighted by Gasteiger charge is 2.46. The predicted octanol–water partition coefficient (Wildman–Crippen LogP) is 5.43. The molecule has 0 fully saturated rings. The Kier molecular flexibility index (Phi) is 4.02. The van der Waals surface area contributed by atoms with Crippen LogP contribution < -0.4 is 0 Å². The highest BCUT2D eigenvalue weighted by atomic mass is 32.2. The third kappa shape index (κ3) is 2.48. The number of rotatable bonds is 0. The molecule has 3 heterocycles. The number of oxime groups is 1. The minimum Gasteiger partial charge on any atom is -0.480 e. The summed E-state index contributed by atoms with van der Waals surface area (Å²) < 4.78 is 6.75. The van der Waals surface area contributed by atoms with Crippen LogP contribution in [0.5, 0.6) is 0 Å². The van der Waals surface area contributed by atoms with E-state index in [1.807, 2.05) is 41.7 Å². The van der Waals surface area contributed by atoms with E-state index in [0.29, 0.717) is 5.71 Å². The van der Waals surface area contributed by atoms with E-state index in [9.17, 15) is 5.21 Å². The first-order valence-electron chi connectivity index (χ1n) is 8.89. The fraction of sp³-hybridized carbons (Fsp3) is 0.286. The lowest BCUT2D eigenvalue weighted by atomic mass is 9.81. The van der Waals surface area contributed by atoms with Gasteiger partial charge in [-0.2, -0.15) is 0 Å². The molecule has 3 nitrogen and oxygen atoms in total. The van der Waals surface area contributed by atoms with Gasteiger partial charge in [0.2, 0.25) is 0 Å². The summed E-state index contributed by atoms with van der Waals surface area (Å²) in [6.07, 6.45) is 2.70. The van der Waals surface area contributed by atoms with Crippen molar-refractivity contribution >= 4 is 35.0 Å². The maximum atomic E-state index is 9.95. The molecule has 1 spiro atoms. The minimum absolute atomic E-state index is 0.553. The summed E-state index contributed by atoms with van der Waals surface area (Å²) in [5.74, 6) is 2.95. The fourth-order valence-corrected chi connectivity index (χ4v) is 6.32. The summed E-state index contributed by atoms with van der Waals surface area (Å²) in [6, 6.07) is 16.6. The zero-order valence-electron chi connectivity index (χ0n) is 14.3. The van der Waals surface area contributed by atoms with Crippen molar-refractivity contribution in [3.05, 3.63) is 65.2 Å². The molecule has 0 bridgehead atoms. The van der Waals surface area contributed by atoms with Crippen molar-refractivity contribution in [3.63, 3.8) is 0 Å². The SMILES string of the molecule is O/N=C1\c2ccccc2SCCC12CCC1=C(O2)c2ccccc2SC1. The Balaban J connectivity index is 1.62. The normalized spacial score (nSPS) is 25.9. The van der Waals surface area contributed by atoms with Crippen LogP contribution in [-0.2, 0) is 4.74 Å². The second-order valence-electron chi connectivity index (χ2n) is 6.86. The first kappa shape index (κ1) is 16.3. The van der Waals surface area contributed by atoms with Crippen LogP contribution in [0.15, 0.2) is 69.1 Å². The van der Waals surface area contributed by atoms with Gasteiger partial charge in [0.1, 0.15) is 11.5 Å². The lowest BCUT2D eigenvalue weighted by Gasteiger charge is -2.41. The summed E-state index contributed by atoms with van der Waals surface area (Å²) in [7, 11) is 0. The van der Waals surface area contributed by atoms with E-state index in [-0.39, 0.29) is 0 Å². The van der Waals surface area contributed by atoms with Crippen molar-refractivity contribution in [3.8, 4) is 0 Å². The van der Waals surface area contributed by atoms with Gasteiger partial charge in [-0.15, -0.1) is 23.5 Å². The van der Waals surface area contributed by atoms with Gasteiger partial charge in [0.05, 0.1) is 0 Å². The topological polar surface area (TPSA) is 41.8 Å². The van der Waals surface area contributed by atoms with Crippen molar-refractivity contribution in [1.29, 1.82) is 0 Å². The molecule has 0 aliphatic carbocycles. The van der Waals surface area contributed by atoms with E-state index in [4.69, 9.17) is 4.74 Å². The molecule has 0 amide bonds. The molecule has 0 saturated carbocycles. The second-order valence-corrected chi connectivity index (χ2v) is 9.01. The number of hydrogen-bond donors (Lipinski definition) is 1. The molecule has 5 rings (SSSR count). The molecule has 26 heavy (non-hydrogen) atoms. The lowest BCUT2D eigenvalue weighted by Crippen LogP contribution is -2.44. The van der Waals surface area contributed by atoms with Crippen LogP contribution in [0.4, 0.5) is 0 Å². The summed E-state index contributed by atoms with van der Waals surface area (Å²) in [5, 5.41) is 13.7. The van der Waals surface area contributed by atoms with Gasteiger partial charge in [0, 0.05) is 38.8 Å². The molecule has 2 aromatic carbocycles. The standard InChI is InChI=1S/C21H19NO2S2/c23-22-20-16-6-2-4-8-18(16)25-12-11-21(20)10-9-14-13-26-17-7-3-1-5-15(17)19(14)24-21/h1-8,23H,9-13H2/b22-20+. The Morgan fingerprint density at radius 1 is 0.923 bits per heavy atom. The smallest absolute Gasteiger partial charge is 0.156 e. The highest BCUT2D eigenvalue weighted by Crippen LogP contribution is 2.49. The molecule has 3 aliphatic heterocycles. The van der Waals surface area contributed by atoms with Crippen LogP contribution in [-0.4, -0.2) is 28.0 Å². The van der Waals surface area contributed by atoms with Crippen molar-refractivity contribution in [2.24, 2.45) is 5.16 Å². The first-order chi connectivity index (χ1) is 12.8. The third-order valence-corrected chi connectivity index (χ3v) is 7.66. The summed E-state index contributed by atoms with van der Waals surface area (Å²) in [4.78, 5) is 2.44. The molecular weight excluding hydrogens is 362 g/mol. The van der Waals surface area contributed by atoms with Gasteiger partial charge in [-0.25, -0.2) is 0 Å². The van der Waals surface area contributed by atoms with E-state index in [2.05, 4.69) is 35.5 Å². The van der Waals surface area contributed by atoms with Gasteiger partial charge >= 0.3 is 0 Å². The van der Waals surface area contributed by atoms with Crippen LogP contribution >= 0.6 is 23.5 Å². The molecule has 2 aromatic rings. The average Bonchev–Trinajstić information content (AvgIpc) is 2.84. The maximum Gasteiger partial charge on any atom is 0.156 e. The number of hydrogen-bond acceptors (Lipinski definition) is 5. The third-order valence-electron chi connectivity index (χ3n) is 5.42. The molecule has 1 atom stereocenters. The number of ether oxygens (including phenoxy) is 1. The number of benzene rings is 2. The maximum absolute atomic E-state index is 9.95. The van der Waals surface area contributed by atoms with E-state index in [0.717, 1.165) is 42.1 Å². The van der Waals surface area contributed by atoms with E-state index in [1.165, 1.54) is 20.9 Å². The van der Waals surface area contributed by atoms with Crippen LogP contribution in [0.25, 0.3) is 5.76 Å². The highest BCUT2D eigenvalue weighted by molar-refractivity contribution is 7.99. The van der Waals surface area contributed by atoms with E-state index < -0.39 is 5.60 Å². The van der Waals surface area contributed by atoms with Crippen LogP contribution in [0.2, 0.25) is 0 Å². The first-order valence-corrected chi connectivity index (χ1v) is 10.9. The van der Waals surface area contributed by atoms with Gasteiger partial charge in [-0.3, -0.25) is 0 Å². The Morgan fingerprint density at radius 2 is 1.65 bits per heavy atom. The number of nitrogens with zero attached hydrogens (tertiary/aromatic N) is 1. The van der Waals surface area contributed by atoms with Gasteiger partial charge in [0.25, 0.3) is 0 Å². The molecule has 1 unspecified atom stereocenters. The largest absolute Gasteiger partial charge is 0.480 e. The summed E-state index contributed by atoms with van der Waals surface area (Å²) in [6.45, 7) is 0. The molecule has 0 saturated heterocycles. The van der Waals surface area contributed by atoms with Gasteiger partial charge < -0.3 is 9.94 Å². The van der Waals surface area contributed by atoms with Crippen molar-refractivity contribution in [2.45, 2.75) is 34.7 Å². The van der Waals surface area contributed by atoms with Crippen LogP contribution in [0.3, 0.4) is 0 Å². The lowest BCUT2D eigenvalue weighted by molar-refractivity contribution is 0.0794. The molecular formula is C21H19NO2S2. The Labute approximate surface area is 161 Å². The van der Waals surface area contributed by atoms with Crippen molar-refractivity contribution in [1.82, 2.24) is 0 Å². The van der Waals surface area contributed by atoms with E-state index in [1.54, 1.807) is 0 Å². The molecule has 1 N–H and O–H groups in total. The Bertz CT molecular complexity index is 937. The van der Waals surface area contributed by atoms with Crippen molar-refractivity contribution < 1.29 is 9.94 Å². The predicted molar refractivity (Wildman–Crippen MR) is 107 cm³/mol. The van der Waals surface area contributed by atoms with Gasteiger partial charge in [-0.1, -0.05) is 41.6 Å². The molecule has 0 radical (unpaired) electrons. The van der Waals surface area contributed by atoms with Gasteiger partial charge in [0.15, 0.2) is 5.60 Å². The monoisotopic (exact) mass is 381 g/mol. The molecule has 132 valence electrons. The zero-order chi connectivity index (χ0) is 17.6. The summed E-state index contributed by atoms with van der Waals surface area (Å²) in [5.41, 5.74) is 3.69. The van der Waals surface area contributed by atoms with Crippen LogP contribution in [0.1, 0.15) is 30.4 Å². The molecule has 0 aromatic heterocycles. The van der Waals surface area contributed by atoms with Crippen LogP contribution in [0, 0.1) is 0 Å². The Morgan fingerprint density at radius 3 is 2.46 bits per heavy atom. The molecule has 3 aliphatic rings. The number of thioether (sulfide) groups is 2. The van der Waals surface area contributed by atoms with E-state index >= 15 is 0 Å².